The van der Waals surface area contributed by atoms with Gasteiger partial charge >= 0.3 is 0 Å². The van der Waals surface area contributed by atoms with E-state index in [-0.39, 0.29) is 16.9 Å². The largest absolute Gasteiger partial charge is 0.497 e. The highest BCUT2D eigenvalue weighted by atomic mass is 16.5. The van der Waals surface area contributed by atoms with Gasteiger partial charge in [0.15, 0.2) is 0 Å². The van der Waals surface area contributed by atoms with Crippen molar-refractivity contribution in [3.63, 3.8) is 0 Å². The molecule has 0 aliphatic heterocycles. The van der Waals surface area contributed by atoms with Gasteiger partial charge in [-0.15, -0.1) is 0 Å². The van der Waals surface area contributed by atoms with Crippen LogP contribution in [-0.2, 0) is 11.8 Å². The summed E-state index contributed by atoms with van der Waals surface area (Å²) in [5.74, 6) is 0.645. The Morgan fingerprint density at radius 3 is 2.50 bits per heavy atom. The van der Waals surface area contributed by atoms with Gasteiger partial charge in [-0.05, 0) is 43.0 Å². The van der Waals surface area contributed by atoms with Crippen LogP contribution in [0.3, 0.4) is 0 Å². The predicted octanol–water partition coefficient (Wildman–Crippen LogP) is 3.19. The van der Waals surface area contributed by atoms with Crippen molar-refractivity contribution < 1.29 is 9.53 Å². The molecule has 2 aromatic rings. The predicted molar refractivity (Wildman–Crippen MR) is 102 cm³/mol. The summed E-state index contributed by atoms with van der Waals surface area (Å²) in [7, 11) is 1.66. The Hall–Kier alpha value is -2.56. The molecule has 26 heavy (non-hydrogen) atoms. The average Bonchev–Trinajstić information content (AvgIpc) is 3.15. The van der Waals surface area contributed by atoms with Crippen LogP contribution in [0.1, 0.15) is 54.2 Å². The molecule has 1 heterocycles. The van der Waals surface area contributed by atoms with E-state index in [1.165, 1.54) is 11.6 Å². The fourth-order valence-corrected chi connectivity index (χ4v) is 3.84. The van der Waals surface area contributed by atoms with Crippen LogP contribution >= 0.6 is 0 Å². The second-order valence-electron chi connectivity index (χ2n) is 7.01. The Morgan fingerprint density at radius 2 is 1.88 bits per heavy atom. The number of rotatable bonds is 6. The van der Waals surface area contributed by atoms with Crippen LogP contribution < -0.4 is 15.6 Å². The zero-order valence-electron chi connectivity index (χ0n) is 15.4. The third-order valence-corrected chi connectivity index (χ3v) is 5.39. The van der Waals surface area contributed by atoms with E-state index in [2.05, 4.69) is 22.4 Å². The van der Waals surface area contributed by atoms with E-state index in [0.717, 1.165) is 37.1 Å². The number of aryl methyl sites for hydroxylation is 1. The van der Waals surface area contributed by atoms with Crippen molar-refractivity contribution in [2.24, 2.45) is 0 Å². The molecular weight excluding hydrogens is 328 g/mol. The van der Waals surface area contributed by atoms with E-state index in [0.29, 0.717) is 18.5 Å². The Kier molecular flexibility index (Phi) is 5.45. The van der Waals surface area contributed by atoms with Crippen molar-refractivity contribution in [2.75, 3.05) is 13.7 Å². The van der Waals surface area contributed by atoms with Crippen LogP contribution in [0.15, 0.2) is 41.2 Å². The fraction of sp³-hybridized carbons (Fsp3) is 0.429. The fourth-order valence-electron chi connectivity index (χ4n) is 3.84. The number of hydrogen-bond donors (Lipinski definition) is 2. The molecule has 0 atom stereocenters. The van der Waals surface area contributed by atoms with Crippen molar-refractivity contribution >= 4 is 5.91 Å². The lowest BCUT2D eigenvalue weighted by molar-refractivity contribution is 0.0942. The van der Waals surface area contributed by atoms with Crippen LogP contribution in [0.25, 0.3) is 0 Å². The minimum Gasteiger partial charge on any atom is -0.497 e. The van der Waals surface area contributed by atoms with Crippen molar-refractivity contribution in [3.05, 3.63) is 63.6 Å². The first-order valence-electron chi connectivity index (χ1n) is 9.22. The number of nitrogens with one attached hydrogen (secondary N) is 2. The van der Waals surface area contributed by atoms with Crippen LogP contribution in [0.5, 0.6) is 5.75 Å². The van der Waals surface area contributed by atoms with E-state index in [4.69, 9.17) is 4.74 Å². The lowest BCUT2D eigenvalue weighted by Crippen LogP contribution is -2.39. The third-order valence-electron chi connectivity index (χ3n) is 5.39. The number of H-pyrrole nitrogens is 1. The lowest BCUT2D eigenvalue weighted by atomic mass is 9.78. The molecule has 1 aromatic carbocycles. The molecular formula is C21H26N2O3. The first kappa shape index (κ1) is 18.2. The minimum absolute atomic E-state index is 0.0449. The molecule has 1 fully saturated rings. The van der Waals surface area contributed by atoms with Gasteiger partial charge in [0.05, 0.1) is 7.11 Å². The van der Waals surface area contributed by atoms with Gasteiger partial charge in [0.25, 0.3) is 5.91 Å². The molecule has 1 aliphatic rings. The Balaban J connectivity index is 1.77. The second-order valence-corrected chi connectivity index (χ2v) is 7.01. The minimum atomic E-state index is -0.236. The van der Waals surface area contributed by atoms with Gasteiger partial charge in [0, 0.05) is 29.3 Å². The molecule has 1 aliphatic carbocycles. The number of hydrogen-bond acceptors (Lipinski definition) is 3. The molecule has 5 heteroatoms. The number of aromatic amines is 1. The summed E-state index contributed by atoms with van der Waals surface area (Å²) < 4.78 is 5.25. The van der Waals surface area contributed by atoms with Gasteiger partial charge in [-0.25, -0.2) is 0 Å². The molecule has 1 amide bonds. The molecule has 1 aromatic heterocycles. The van der Waals surface area contributed by atoms with Crippen LogP contribution in [0.4, 0.5) is 0 Å². The van der Waals surface area contributed by atoms with Gasteiger partial charge in [-0.3, -0.25) is 9.59 Å². The van der Waals surface area contributed by atoms with Crippen LogP contribution in [-0.4, -0.2) is 24.5 Å². The number of aromatic nitrogens is 1. The van der Waals surface area contributed by atoms with E-state index in [1.54, 1.807) is 13.2 Å². The highest BCUT2D eigenvalue weighted by Crippen LogP contribution is 2.41. The quantitative estimate of drug-likeness (QED) is 0.837. The standard InChI is InChI=1S/C21H26N2O3/c1-3-17-12-15(13-19(24)23-17)20(25)22-14-21(10-4-5-11-21)16-6-8-18(26-2)9-7-16/h6-9,12-13H,3-5,10-11,14H2,1-2H3,(H,22,25)(H,23,24). The van der Waals surface area contributed by atoms with Crippen LogP contribution in [0, 0.1) is 0 Å². The Labute approximate surface area is 153 Å². The number of amides is 1. The Bertz CT molecular complexity index is 818. The highest BCUT2D eigenvalue weighted by Gasteiger charge is 2.36. The van der Waals surface area contributed by atoms with Crippen LogP contribution in [0.2, 0.25) is 0 Å². The topological polar surface area (TPSA) is 71.2 Å². The summed E-state index contributed by atoms with van der Waals surface area (Å²) in [5.41, 5.74) is 2.15. The average molecular weight is 354 g/mol. The van der Waals surface area contributed by atoms with Gasteiger partial charge in [0.2, 0.25) is 5.56 Å². The zero-order chi connectivity index (χ0) is 18.6. The van der Waals surface area contributed by atoms with Crippen molar-refractivity contribution in [2.45, 2.75) is 44.4 Å². The molecule has 0 unspecified atom stereocenters. The maximum Gasteiger partial charge on any atom is 0.251 e. The van der Waals surface area contributed by atoms with Crippen molar-refractivity contribution in [1.29, 1.82) is 0 Å². The molecule has 0 saturated heterocycles. The van der Waals surface area contributed by atoms with E-state index in [1.807, 2.05) is 19.1 Å². The summed E-state index contributed by atoms with van der Waals surface area (Å²) in [6, 6.07) is 11.3. The van der Waals surface area contributed by atoms with Gasteiger partial charge in [-0.2, -0.15) is 0 Å². The molecule has 0 radical (unpaired) electrons. The number of carbonyl (C=O) groups is 1. The zero-order valence-corrected chi connectivity index (χ0v) is 15.4. The molecule has 138 valence electrons. The van der Waals surface area contributed by atoms with Crippen molar-refractivity contribution in [3.8, 4) is 5.75 Å². The first-order chi connectivity index (χ1) is 12.6. The number of ether oxygens (including phenoxy) is 1. The Morgan fingerprint density at radius 1 is 1.19 bits per heavy atom. The van der Waals surface area contributed by atoms with Gasteiger partial charge in [0.1, 0.15) is 5.75 Å². The monoisotopic (exact) mass is 354 g/mol. The normalized spacial score (nSPS) is 15.6. The second kappa shape index (κ2) is 7.77. The maximum absolute atomic E-state index is 12.6. The van der Waals surface area contributed by atoms with E-state index < -0.39 is 0 Å². The first-order valence-corrected chi connectivity index (χ1v) is 9.22. The van der Waals surface area contributed by atoms with Crippen molar-refractivity contribution in [1.82, 2.24) is 10.3 Å². The summed E-state index contributed by atoms with van der Waals surface area (Å²) in [6.07, 6.45) is 5.11. The van der Waals surface area contributed by atoms with Gasteiger partial charge < -0.3 is 15.0 Å². The third kappa shape index (κ3) is 3.82. The molecule has 1 saturated carbocycles. The lowest BCUT2D eigenvalue weighted by Gasteiger charge is -2.30. The smallest absolute Gasteiger partial charge is 0.251 e. The summed E-state index contributed by atoms with van der Waals surface area (Å²) in [5, 5.41) is 3.06. The highest BCUT2D eigenvalue weighted by molar-refractivity contribution is 5.94. The number of methoxy groups -OCH3 is 1. The van der Waals surface area contributed by atoms with Gasteiger partial charge in [-0.1, -0.05) is 31.9 Å². The summed E-state index contributed by atoms with van der Waals surface area (Å²) in [4.78, 5) is 27.1. The summed E-state index contributed by atoms with van der Waals surface area (Å²) >= 11 is 0. The number of pyridine rings is 1. The van der Waals surface area contributed by atoms with E-state index in [9.17, 15) is 9.59 Å². The van der Waals surface area contributed by atoms with E-state index >= 15 is 0 Å². The SMILES string of the molecule is CCc1cc(C(=O)NCC2(c3ccc(OC)cc3)CCCC2)cc(=O)[nH]1. The molecule has 0 bridgehead atoms. The number of carbonyl (C=O) groups excluding carboxylic acids is 1. The summed E-state index contributed by atoms with van der Waals surface area (Å²) in [6.45, 7) is 2.52. The molecule has 2 N–H and O–H groups in total. The molecule has 0 spiro atoms. The maximum atomic E-state index is 12.6. The molecule has 5 nitrogen and oxygen atoms in total. The molecule has 3 rings (SSSR count). The number of benzene rings is 1.